The first-order valence-corrected chi connectivity index (χ1v) is 9.36. The maximum absolute atomic E-state index is 11.9. The van der Waals surface area contributed by atoms with Crippen molar-refractivity contribution < 1.29 is 14.3 Å². The summed E-state index contributed by atoms with van der Waals surface area (Å²) in [5.41, 5.74) is 2.40. The standard InChI is InChI=1S/C22H29NO3/c1-3-25-21-10-5-4-8-19(21)9-6-16-23-22(24)11-7-17-26-20-14-12-18(2)13-15-20/h4-5,8,10,12-15H,3,6-7,9,11,16-17H2,1-2H3,(H,23,24). The van der Waals surface area contributed by atoms with E-state index in [9.17, 15) is 4.79 Å². The Morgan fingerprint density at radius 2 is 1.77 bits per heavy atom. The van der Waals surface area contributed by atoms with Crippen LogP contribution in [0.15, 0.2) is 48.5 Å². The second-order valence-electron chi connectivity index (χ2n) is 6.26. The first-order chi connectivity index (χ1) is 12.7. The minimum absolute atomic E-state index is 0.0793. The molecule has 0 atom stereocenters. The lowest BCUT2D eigenvalue weighted by molar-refractivity contribution is -0.121. The van der Waals surface area contributed by atoms with E-state index in [0.717, 1.165) is 24.3 Å². The minimum Gasteiger partial charge on any atom is -0.494 e. The predicted molar refractivity (Wildman–Crippen MR) is 105 cm³/mol. The van der Waals surface area contributed by atoms with Crippen molar-refractivity contribution in [1.82, 2.24) is 5.32 Å². The molecule has 1 amide bonds. The maximum atomic E-state index is 11.9. The topological polar surface area (TPSA) is 47.6 Å². The summed E-state index contributed by atoms with van der Waals surface area (Å²) in [5.74, 6) is 1.87. The van der Waals surface area contributed by atoms with Crippen LogP contribution in [0.2, 0.25) is 0 Å². The molecule has 0 unspecified atom stereocenters. The van der Waals surface area contributed by atoms with Gasteiger partial charge in [-0.1, -0.05) is 35.9 Å². The molecule has 1 N–H and O–H groups in total. The Bertz CT molecular complexity index is 667. The molecule has 0 heterocycles. The number of ether oxygens (including phenoxy) is 2. The molecule has 0 aliphatic heterocycles. The number of carbonyl (C=O) groups excluding carboxylic acids is 1. The zero-order chi connectivity index (χ0) is 18.6. The summed E-state index contributed by atoms with van der Waals surface area (Å²) >= 11 is 0. The van der Waals surface area contributed by atoms with Gasteiger partial charge in [-0.25, -0.2) is 0 Å². The largest absolute Gasteiger partial charge is 0.494 e. The van der Waals surface area contributed by atoms with Crippen LogP contribution in [0.25, 0.3) is 0 Å². The average Bonchev–Trinajstić information content (AvgIpc) is 2.65. The van der Waals surface area contributed by atoms with E-state index in [-0.39, 0.29) is 5.91 Å². The van der Waals surface area contributed by atoms with Gasteiger partial charge in [0, 0.05) is 13.0 Å². The highest BCUT2D eigenvalue weighted by Gasteiger charge is 2.04. The van der Waals surface area contributed by atoms with E-state index in [4.69, 9.17) is 9.47 Å². The zero-order valence-corrected chi connectivity index (χ0v) is 15.8. The number of benzene rings is 2. The Labute approximate surface area is 156 Å². The Kier molecular flexibility index (Phi) is 8.53. The highest BCUT2D eigenvalue weighted by Crippen LogP contribution is 2.19. The number of hydrogen-bond donors (Lipinski definition) is 1. The van der Waals surface area contributed by atoms with E-state index in [2.05, 4.69) is 11.4 Å². The van der Waals surface area contributed by atoms with Gasteiger partial charge in [0.1, 0.15) is 11.5 Å². The van der Waals surface area contributed by atoms with Crippen molar-refractivity contribution in [2.45, 2.75) is 39.5 Å². The molecule has 0 fully saturated rings. The van der Waals surface area contributed by atoms with E-state index in [1.54, 1.807) is 0 Å². The second-order valence-corrected chi connectivity index (χ2v) is 6.26. The molecule has 0 aromatic heterocycles. The average molecular weight is 355 g/mol. The molecule has 4 heteroatoms. The van der Waals surface area contributed by atoms with Crippen LogP contribution in [0, 0.1) is 6.92 Å². The fourth-order valence-corrected chi connectivity index (χ4v) is 2.66. The van der Waals surface area contributed by atoms with Gasteiger partial charge >= 0.3 is 0 Å². The summed E-state index contributed by atoms with van der Waals surface area (Å²) in [5, 5.41) is 2.98. The molecule has 0 aliphatic rings. The minimum atomic E-state index is 0.0793. The summed E-state index contributed by atoms with van der Waals surface area (Å²) in [4.78, 5) is 11.9. The molecule has 26 heavy (non-hydrogen) atoms. The van der Waals surface area contributed by atoms with Crippen molar-refractivity contribution in [3.63, 3.8) is 0 Å². The normalized spacial score (nSPS) is 10.4. The third-order valence-corrected chi connectivity index (χ3v) is 4.06. The van der Waals surface area contributed by atoms with Gasteiger partial charge in [0.15, 0.2) is 0 Å². The number of rotatable bonds is 11. The summed E-state index contributed by atoms with van der Waals surface area (Å²) in [7, 11) is 0. The third kappa shape index (κ3) is 7.18. The highest BCUT2D eigenvalue weighted by molar-refractivity contribution is 5.75. The van der Waals surface area contributed by atoms with Crippen LogP contribution in [0.4, 0.5) is 0 Å². The van der Waals surface area contributed by atoms with Crippen LogP contribution >= 0.6 is 0 Å². The van der Waals surface area contributed by atoms with E-state index in [0.29, 0.717) is 32.6 Å². The summed E-state index contributed by atoms with van der Waals surface area (Å²) < 4.78 is 11.3. The van der Waals surface area contributed by atoms with E-state index < -0.39 is 0 Å². The van der Waals surface area contributed by atoms with Gasteiger partial charge in [0.05, 0.1) is 13.2 Å². The number of para-hydroxylation sites is 1. The van der Waals surface area contributed by atoms with E-state index in [1.807, 2.05) is 56.3 Å². The lowest BCUT2D eigenvalue weighted by Gasteiger charge is -2.10. The van der Waals surface area contributed by atoms with Crippen molar-refractivity contribution in [2.75, 3.05) is 19.8 Å². The Morgan fingerprint density at radius 3 is 2.54 bits per heavy atom. The third-order valence-electron chi connectivity index (χ3n) is 4.06. The molecule has 0 aliphatic carbocycles. The highest BCUT2D eigenvalue weighted by atomic mass is 16.5. The SMILES string of the molecule is CCOc1ccccc1CCCNC(=O)CCCOc1ccc(C)cc1. The molecule has 2 aromatic carbocycles. The van der Waals surface area contributed by atoms with Crippen molar-refractivity contribution in [1.29, 1.82) is 0 Å². The monoisotopic (exact) mass is 355 g/mol. The van der Waals surface area contributed by atoms with E-state index in [1.165, 1.54) is 11.1 Å². The predicted octanol–water partition coefficient (Wildman–Crippen LogP) is 4.30. The van der Waals surface area contributed by atoms with Gasteiger partial charge in [-0.05, 0) is 56.9 Å². The van der Waals surface area contributed by atoms with Crippen molar-refractivity contribution in [2.24, 2.45) is 0 Å². The molecule has 0 saturated carbocycles. The van der Waals surface area contributed by atoms with Gasteiger partial charge in [0.25, 0.3) is 0 Å². The van der Waals surface area contributed by atoms with Gasteiger partial charge in [-0.15, -0.1) is 0 Å². The summed E-state index contributed by atoms with van der Waals surface area (Å²) in [6.45, 7) is 5.93. The molecule has 2 rings (SSSR count). The molecular formula is C22H29NO3. The fraction of sp³-hybridized carbons (Fsp3) is 0.409. The molecule has 2 aromatic rings. The molecular weight excluding hydrogens is 326 g/mol. The lowest BCUT2D eigenvalue weighted by atomic mass is 10.1. The number of amides is 1. The van der Waals surface area contributed by atoms with Gasteiger partial charge in [0.2, 0.25) is 5.91 Å². The smallest absolute Gasteiger partial charge is 0.220 e. The molecule has 0 saturated heterocycles. The van der Waals surface area contributed by atoms with Crippen LogP contribution in [0.5, 0.6) is 11.5 Å². The Balaban J connectivity index is 1.57. The Hall–Kier alpha value is -2.49. The number of hydrogen-bond acceptors (Lipinski definition) is 3. The number of carbonyl (C=O) groups is 1. The van der Waals surface area contributed by atoms with Gasteiger partial charge in [-0.3, -0.25) is 4.79 Å². The van der Waals surface area contributed by atoms with Crippen LogP contribution in [-0.4, -0.2) is 25.7 Å². The summed E-state index contributed by atoms with van der Waals surface area (Å²) in [6, 6.07) is 16.0. The summed E-state index contributed by atoms with van der Waals surface area (Å²) in [6.07, 6.45) is 3.00. The molecule has 4 nitrogen and oxygen atoms in total. The first kappa shape index (κ1) is 19.8. The number of nitrogens with one attached hydrogen (secondary N) is 1. The van der Waals surface area contributed by atoms with Crippen molar-refractivity contribution in [3.05, 3.63) is 59.7 Å². The van der Waals surface area contributed by atoms with E-state index >= 15 is 0 Å². The van der Waals surface area contributed by atoms with Gasteiger partial charge < -0.3 is 14.8 Å². The first-order valence-electron chi connectivity index (χ1n) is 9.36. The molecule has 0 radical (unpaired) electrons. The van der Waals surface area contributed by atoms with Crippen molar-refractivity contribution in [3.8, 4) is 11.5 Å². The van der Waals surface area contributed by atoms with Crippen LogP contribution < -0.4 is 14.8 Å². The molecule has 0 spiro atoms. The number of aryl methyl sites for hydroxylation is 2. The quantitative estimate of drug-likeness (QED) is 0.611. The van der Waals surface area contributed by atoms with Crippen molar-refractivity contribution >= 4 is 5.91 Å². The molecule has 0 bridgehead atoms. The maximum Gasteiger partial charge on any atom is 0.220 e. The lowest BCUT2D eigenvalue weighted by Crippen LogP contribution is -2.25. The zero-order valence-electron chi connectivity index (χ0n) is 15.8. The van der Waals surface area contributed by atoms with Crippen LogP contribution in [0.1, 0.15) is 37.3 Å². The molecule has 140 valence electrons. The van der Waals surface area contributed by atoms with Gasteiger partial charge in [-0.2, -0.15) is 0 Å². The second kappa shape index (κ2) is 11.2. The Morgan fingerprint density at radius 1 is 1.00 bits per heavy atom. The van der Waals surface area contributed by atoms with Crippen LogP contribution in [0.3, 0.4) is 0 Å². The fourth-order valence-electron chi connectivity index (χ4n) is 2.66. The van der Waals surface area contributed by atoms with Crippen LogP contribution in [-0.2, 0) is 11.2 Å².